The summed E-state index contributed by atoms with van der Waals surface area (Å²) < 4.78 is 0.818. The first kappa shape index (κ1) is 12.0. The number of rotatable bonds is 1. The maximum absolute atomic E-state index is 11.9. The molecule has 2 aromatic rings. The number of hydrogen-bond donors (Lipinski definition) is 1. The molecule has 3 rings (SSSR count). The summed E-state index contributed by atoms with van der Waals surface area (Å²) in [6.07, 6.45) is 3.40. The number of nitrogens with one attached hydrogen (secondary N) is 1. The molecule has 0 unspecified atom stereocenters. The zero-order valence-corrected chi connectivity index (χ0v) is 11.3. The molecule has 0 radical (unpaired) electrons. The Kier molecular flexibility index (Phi) is 2.90. The summed E-state index contributed by atoms with van der Waals surface area (Å²) in [4.78, 5) is 32.8. The first-order valence-electron chi connectivity index (χ1n) is 5.66. The summed E-state index contributed by atoms with van der Waals surface area (Å²) in [5, 5.41) is 3.08. The first-order chi connectivity index (χ1) is 9.15. The van der Waals surface area contributed by atoms with Crippen LogP contribution in [0.3, 0.4) is 0 Å². The Labute approximate surface area is 117 Å². The predicted octanol–water partition coefficient (Wildman–Crippen LogP) is 1.84. The summed E-state index contributed by atoms with van der Waals surface area (Å²) in [5.41, 5.74) is 1.43. The standard InChI is InChI=1S/C12H9BrN4O2/c13-7-3-9-8(5-14-6-15-9)10(4-7)17-2-1-11(18)16-12(17)19/h3-6H,1-2H2,(H,16,18,19). The molecule has 1 aliphatic rings. The predicted molar refractivity (Wildman–Crippen MR) is 72.7 cm³/mol. The van der Waals surface area contributed by atoms with Gasteiger partial charge in [-0.15, -0.1) is 0 Å². The van der Waals surface area contributed by atoms with E-state index in [1.165, 1.54) is 11.2 Å². The van der Waals surface area contributed by atoms with Crippen molar-refractivity contribution in [2.24, 2.45) is 0 Å². The molecule has 3 amide bonds. The van der Waals surface area contributed by atoms with Gasteiger partial charge in [0, 0.05) is 29.0 Å². The number of halogens is 1. The van der Waals surface area contributed by atoms with E-state index in [0.29, 0.717) is 12.2 Å². The SMILES string of the molecule is O=C1CCN(c2cc(Br)cc3ncncc23)C(=O)N1. The van der Waals surface area contributed by atoms with Gasteiger partial charge in [-0.1, -0.05) is 15.9 Å². The fourth-order valence-corrected chi connectivity index (χ4v) is 2.48. The molecule has 1 aliphatic heterocycles. The van der Waals surface area contributed by atoms with Crippen molar-refractivity contribution in [2.45, 2.75) is 6.42 Å². The van der Waals surface area contributed by atoms with E-state index in [9.17, 15) is 9.59 Å². The van der Waals surface area contributed by atoms with Crippen molar-refractivity contribution in [3.63, 3.8) is 0 Å². The highest BCUT2D eigenvalue weighted by atomic mass is 79.9. The fourth-order valence-electron chi connectivity index (χ4n) is 2.05. The van der Waals surface area contributed by atoms with E-state index in [-0.39, 0.29) is 12.3 Å². The molecule has 1 aromatic carbocycles. The van der Waals surface area contributed by atoms with Crippen LogP contribution in [0.4, 0.5) is 10.5 Å². The topological polar surface area (TPSA) is 75.2 Å². The molecule has 0 atom stereocenters. The Bertz CT molecular complexity index is 688. The molecule has 7 heteroatoms. The summed E-state index contributed by atoms with van der Waals surface area (Å²) in [6, 6.07) is 3.26. The summed E-state index contributed by atoms with van der Waals surface area (Å²) in [7, 11) is 0. The van der Waals surface area contributed by atoms with Crippen LogP contribution >= 0.6 is 15.9 Å². The first-order valence-corrected chi connectivity index (χ1v) is 6.45. The van der Waals surface area contributed by atoms with Gasteiger partial charge in [0.15, 0.2) is 0 Å². The molecule has 1 saturated heterocycles. The van der Waals surface area contributed by atoms with E-state index >= 15 is 0 Å². The third-order valence-electron chi connectivity index (χ3n) is 2.91. The van der Waals surface area contributed by atoms with Crippen molar-refractivity contribution in [3.8, 4) is 0 Å². The van der Waals surface area contributed by atoms with Gasteiger partial charge in [-0.05, 0) is 12.1 Å². The van der Waals surface area contributed by atoms with Crippen molar-refractivity contribution >= 4 is 44.5 Å². The highest BCUT2D eigenvalue weighted by molar-refractivity contribution is 9.10. The lowest BCUT2D eigenvalue weighted by atomic mass is 10.1. The number of imide groups is 1. The van der Waals surface area contributed by atoms with Gasteiger partial charge in [-0.25, -0.2) is 14.8 Å². The molecular formula is C12H9BrN4O2. The number of hydrogen-bond acceptors (Lipinski definition) is 4. The van der Waals surface area contributed by atoms with Gasteiger partial charge in [0.05, 0.1) is 11.2 Å². The Morgan fingerprint density at radius 3 is 2.95 bits per heavy atom. The second kappa shape index (κ2) is 4.58. The molecule has 0 aliphatic carbocycles. The van der Waals surface area contributed by atoms with Crippen molar-refractivity contribution in [1.29, 1.82) is 0 Å². The number of carbonyl (C=O) groups is 2. The van der Waals surface area contributed by atoms with E-state index in [1.807, 2.05) is 12.1 Å². The lowest BCUT2D eigenvalue weighted by Gasteiger charge is -2.27. The van der Waals surface area contributed by atoms with Gasteiger partial charge in [0.1, 0.15) is 6.33 Å². The highest BCUT2D eigenvalue weighted by Crippen LogP contribution is 2.30. The van der Waals surface area contributed by atoms with E-state index in [1.54, 1.807) is 6.20 Å². The lowest BCUT2D eigenvalue weighted by molar-refractivity contribution is -0.120. The molecule has 0 saturated carbocycles. The lowest BCUT2D eigenvalue weighted by Crippen LogP contribution is -2.49. The van der Waals surface area contributed by atoms with Gasteiger partial charge >= 0.3 is 6.03 Å². The third-order valence-corrected chi connectivity index (χ3v) is 3.37. The van der Waals surface area contributed by atoms with Gasteiger partial charge in [0.2, 0.25) is 5.91 Å². The minimum atomic E-state index is -0.417. The number of urea groups is 1. The van der Waals surface area contributed by atoms with Crippen LogP contribution in [-0.4, -0.2) is 28.5 Å². The van der Waals surface area contributed by atoms with Crippen LogP contribution in [0.1, 0.15) is 6.42 Å². The zero-order valence-electron chi connectivity index (χ0n) is 9.76. The molecule has 2 heterocycles. The van der Waals surface area contributed by atoms with Crippen LogP contribution in [0.15, 0.2) is 29.1 Å². The summed E-state index contributed by atoms with van der Waals surface area (Å²) in [5.74, 6) is -0.253. The van der Waals surface area contributed by atoms with Crippen molar-refractivity contribution in [3.05, 3.63) is 29.1 Å². The Hall–Kier alpha value is -2.02. The number of anilines is 1. The normalized spacial score (nSPS) is 15.7. The molecule has 1 N–H and O–H groups in total. The monoisotopic (exact) mass is 320 g/mol. The molecular weight excluding hydrogens is 312 g/mol. The van der Waals surface area contributed by atoms with Crippen molar-refractivity contribution in [1.82, 2.24) is 15.3 Å². The second-order valence-electron chi connectivity index (χ2n) is 4.14. The maximum atomic E-state index is 11.9. The third kappa shape index (κ3) is 2.17. The average molecular weight is 321 g/mol. The highest BCUT2D eigenvalue weighted by Gasteiger charge is 2.25. The Morgan fingerprint density at radius 1 is 1.32 bits per heavy atom. The van der Waals surface area contributed by atoms with Gasteiger partial charge < -0.3 is 0 Å². The van der Waals surface area contributed by atoms with Crippen LogP contribution in [0.2, 0.25) is 0 Å². The van der Waals surface area contributed by atoms with Crippen LogP contribution in [0.5, 0.6) is 0 Å². The number of fused-ring (bicyclic) bond motifs is 1. The fraction of sp³-hybridized carbons (Fsp3) is 0.167. The van der Waals surface area contributed by atoms with E-state index in [0.717, 1.165) is 15.4 Å². The van der Waals surface area contributed by atoms with E-state index < -0.39 is 6.03 Å². The van der Waals surface area contributed by atoms with E-state index in [2.05, 4.69) is 31.2 Å². The molecule has 96 valence electrons. The smallest absolute Gasteiger partial charge is 0.293 e. The summed E-state index contributed by atoms with van der Waals surface area (Å²) in [6.45, 7) is 0.352. The molecule has 1 fully saturated rings. The van der Waals surface area contributed by atoms with Crippen LogP contribution in [0, 0.1) is 0 Å². The number of carbonyl (C=O) groups excluding carboxylic acids is 2. The van der Waals surface area contributed by atoms with Crippen LogP contribution in [0.25, 0.3) is 10.9 Å². The molecule has 6 nitrogen and oxygen atoms in total. The van der Waals surface area contributed by atoms with Crippen molar-refractivity contribution in [2.75, 3.05) is 11.4 Å². The zero-order chi connectivity index (χ0) is 13.4. The second-order valence-corrected chi connectivity index (χ2v) is 5.05. The number of amides is 3. The number of aromatic nitrogens is 2. The minimum Gasteiger partial charge on any atom is -0.293 e. The Morgan fingerprint density at radius 2 is 2.16 bits per heavy atom. The van der Waals surface area contributed by atoms with Crippen molar-refractivity contribution < 1.29 is 9.59 Å². The molecule has 0 spiro atoms. The van der Waals surface area contributed by atoms with Crippen LogP contribution in [-0.2, 0) is 4.79 Å². The molecule has 1 aromatic heterocycles. The number of nitrogens with zero attached hydrogens (tertiary/aromatic N) is 3. The Balaban J connectivity index is 2.14. The van der Waals surface area contributed by atoms with Gasteiger partial charge in [-0.3, -0.25) is 15.0 Å². The largest absolute Gasteiger partial charge is 0.328 e. The maximum Gasteiger partial charge on any atom is 0.328 e. The van der Waals surface area contributed by atoms with Gasteiger partial charge in [0.25, 0.3) is 0 Å². The summed E-state index contributed by atoms with van der Waals surface area (Å²) >= 11 is 3.40. The number of benzene rings is 1. The average Bonchev–Trinajstić information content (AvgIpc) is 2.38. The quantitative estimate of drug-likeness (QED) is 0.870. The molecule has 0 bridgehead atoms. The van der Waals surface area contributed by atoms with E-state index in [4.69, 9.17) is 0 Å². The van der Waals surface area contributed by atoms with Crippen LogP contribution < -0.4 is 10.2 Å². The molecule has 19 heavy (non-hydrogen) atoms. The van der Waals surface area contributed by atoms with Gasteiger partial charge in [-0.2, -0.15) is 0 Å². The minimum absolute atomic E-state index is 0.253.